The average Bonchev–Trinajstić information content (AvgIpc) is 3.14. The molecule has 0 aliphatic heterocycles. The highest BCUT2D eigenvalue weighted by atomic mass is 16.5. The highest BCUT2D eigenvalue weighted by molar-refractivity contribution is 5.96. The average molecular weight is 466 g/mol. The minimum atomic E-state index is -1.02. The third-order valence-electron chi connectivity index (χ3n) is 5.71. The quantitative estimate of drug-likeness (QED) is 0.495. The predicted molar refractivity (Wildman–Crippen MR) is 129 cm³/mol. The van der Waals surface area contributed by atoms with Crippen LogP contribution in [0.25, 0.3) is 5.65 Å². The third kappa shape index (κ3) is 5.78. The molecule has 0 bridgehead atoms. The van der Waals surface area contributed by atoms with Crippen LogP contribution in [0.5, 0.6) is 0 Å². The minimum Gasteiger partial charge on any atom is -0.453 e. The van der Waals surface area contributed by atoms with Gasteiger partial charge in [0.15, 0.2) is 11.8 Å². The molecule has 9 heteroatoms. The second kappa shape index (κ2) is 10.5. The van der Waals surface area contributed by atoms with Gasteiger partial charge in [-0.25, -0.2) is 9.50 Å². The van der Waals surface area contributed by atoms with E-state index in [1.54, 1.807) is 4.52 Å². The molecule has 2 amide bonds. The number of fused-ring (bicyclic) bond motifs is 1. The number of aromatic nitrogens is 3. The van der Waals surface area contributed by atoms with Gasteiger partial charge in [-0.1, -0.05) is 18.2 Å². The Kier molecular flexibility index (Phi) is 7.65. The van der Waals surface area contributed by atoms with E-state index in [1.165, 1.54) is 6.92 Å². The second-order valence-electron chi connectivity index (χ2n) is 8.48. The van der Waals surface area contributed by atoms with Crippen LogP contribution in [0.4, 0.5) is 5.69 Å². The number of para-hydroxylation sites is 1. The molecule has 9 nitrogen and oxygen atoms in total. The standard InChI is InChI=1S/C25H31N5O4/c1-14-8-7-9-15(2)24(14)28-22(31)13-26-25(33)19(6)34-23(32)11-10-20-17(4)27-21-12-16(3)29-30(21)18(20)5/h7-9,12,19H,10-11,13H2,1-6H3,(H,26,33)(H,28,31). The molecular weight excluding hydrogens is 434 g/mol. The molecule has 2 heterocycles. The molecular formula is C25H31N5O4. The SMILES string of the molecule is Cc1cc2nc(C)c(CCC(=O)OC(C)C(=O)NCC(=O)Nc3c(C)cccc3C)c(C)n2n1. The van der Waals surface area contributed by atoms with Crippen LogP contribution >= 0.6 is 0 Å². The highest BCUT2D eigenvalue weighted by Gasteiger charge is 2.20. The third-order valence-corrected chi connectivity index (χ3v) is 5.71. The van der Waals surface area contributed by atoms with Crippen molar-refractivity contribution in [1.82, 2.24) is 19.9 Å². The number of amides is 2. The lowest BCUT2D eigenvalue weighted by atomic mass is 10.1. The van der Waals surface area contributed by atoms with Gasteiger partial charge in [-0.15, -0.1) is 0 Å². The summed E-state index contributed by atoms with van der Waals surface area (Å²) >= 11 is 0. The van der Waals surface area contributed by atoms with Crippen LogP contribution in [0, 0.1) is 34.6 Å². The first-order valence-corrected chi connectivity index (χ1v) is 11.2. The molecule has 0 saturated carbocycles. The zero-order valence-electron chi connectivity index (χ0n) is 20.5. The van der Waals surface area contributed by atoms with Crippen molar-refractivity contribution in [2.45, 2.75) is 60.5 Å². The van der Waals surface area contributed by atoms with E-state index in [0.29, 0.717) is 6.42 Å². The number of nitrogens with zero attached hydrogens (tertiary/aromatic N) is 3. The van der Waals surface area contributed by atoms with E-state index < -0.39 is 18.0 Å². The van der Waals surface area contributed by atoms with E-state index in [2.05, 4.69) is 20.7 Å². The van der Waals surface area contributed by atoms with Gasteiger partial charge in [0.2, 0.25) is 5.91 Å². The maximum Gasteiger partial charge on any atom is 0.306 e. The molecule has 180 valence electrons. The summed E-state index contributed by atoms with van der Waals surface area (Å²) in [5.74, 6) is -1.39. The Hall–Kier alpha value is -3.75. The summed E-state index contributed by atoms with van der Waals surface area (Å²) in [6, 6.07) is 7.61. The molecule has 0 saturated heterocycles. The molecule has 34 heavy (non-hydrogen) atoms. The predicted octanol–water partition coefficient (Wildman–Crippen LogP) is 2.89. The molecule has 3 rings (SSSR count). The van der Waals surface area contributed by atoms with E-state index in [9.17, 15) is 14.4 Å². The summed E-state index contributed by atoms with van der Waals surface area (Å²) in [5, 5.41) is 9.75. The largest absolute Gasteiger partial charge is 0.453 e. The minimum absolute atomic E-state index is 0.0970. The van der Waals surface area contributed by atoms with Crippen molar-refractivity contribution in [3.05, 3.63) is 58.0 Å². The zero-order chi connectivity index (χ0) is 25.0. The van der Waals surface area contributed by atoms with E-state index >= 15 is 0 Å². The lowest BCUT2D eigenvalue weighted by molar-refractivity contribution is -0.154. The van der Waals surface area contributed by atoms with E-state index in [-0.39, 0.29) is 18.9 Å². The Morgan fingerprint density at radius 3 is 2.44 bits per heavy atom. The number of benzene rings is 1. The number of rotatable bonds is 8. The molecule has 2 N–H and O–H groups in total. The number of nitrogens with one attached hydrogen (secondary N) is 2. The van der Waals surface area contributed by atoms with Crippen molar-refractivity contribution in [2.75, 3.05) is 11.9 Å². The number of hydrogen-bond acceptors (Lipinski definition) is 6. The smallest absolute Gasteiger partial charge is 0.306 e. The maximum atomic E-state index is 12.4. The molecule has 1 aromatic carbocycles. The lowest BCUT2D eigenvalue weighted by Gasteiger charge is -2.15. The van der Waals surface area contributed by atoms with Crippen molar-refractivity contribution < 1.29 is 19.1 Å². The Morgan fingerprint density at radius 2 is 1.76 bits per heavy atom. The van der Waals surface area contributed by atoms with Crippen molar-refractivity contribution >= 4 is 29.1 Å². The van der Waals surface area contributed by atoms with Gasteiger partial charge in [-0.05, 0) is 64.7 Å². The van der Waals surface area contributed by atoms with Crippen molar-refractivity contribution in [3.63, 3.8) is 0 Å². The fraction of sp³-hybridized carbons (Fsp3) is 0.400. The van der Waals surface area contributed by atoms with Crippen LogP contribution < -0.4 is 10.6 Å². The van der Waals surface area contributed by atoms with Gasteiger partial charge < -0.3 is 15.4 Å². The first kappa shape index (κ1) is 24.9. The van der Waals surface area contributed by atoms with Gasteiger partial charge in [0.25, 0.3) is 5.91 Å². The fourth-order valence-electron chi connectivity index (χ4n) is 3.85. The van der Waals surface area contributed by atoms with Crippen LogP contribution in [0.3, 0.4) is 0 Å². The van der Waals surface area contributed by atoms with Gasteiger partial charge >= 0.3 is 5.97 Å². The van der Waals surface area contributed by atoms with E-state index in [4.69, 9.17) is 4.74 Å². The molecule has 1 unspecified atom stereocenters. The number of carbonyl (C=O) groups excluding carboxylic acids is 3. The van der Waals surface area contributed by atoms with Crippen molar-refractivity contribution in [1.29, 1.82) is 0 Å². The van der Waals surface area contributed by atoms with Crippen molar-refractivity contribution in [3.8, 4) is 0 Å². The first-order valence-electron chi connectivity index (χ1n) is 11.2. The first-order chi connectivity index (χ1) is 16.1. The number of carbonyl (C=O) groups is 3. The molecule has 3 aromatic rings. The molecule has 0 aliphatic rings. The summed E-state index contributed by atoms with van der Waals surface area (Å²) in [7, 11) is 0. The van der Waals surface area contributed by atoms with Gasteiger partial charge in [0, 0.05) is 29.6 Å². The number of anilines is 1. The summed E-state index contributed by atoms with van der Waals surface area (Å²) in [6.07, 6.45) is -0.498. The lowest BCUT2D eigenvalue weighted by Crippen LogP contribution is -2.40. The Morgan fingerprint density at radius 1 is 1.09 bits per heavy atom. The molecule has 2 aromatic heterocycles. The van der Waals surface area contributed by atoms with Crippen LogP contribution in [0.2, 0.25) is 0 Å². The topological polar surface area (TPSA) is 115 Å². The normalized spacial score (nSPS) is 11.8. The van der Waals surface area contributed by atoms with Crippen LogP contribution in [0.15, 0.2) is 24.3 Å². The summed E-state index contributed by atoms with van der Waals surface area (Å²) in [5.41, 5.74) is 6.91. The zero-order valence-corrected chi connectivity index (χ0v) is 20.5. The number of ether oxygens (including phenoxy) is 1. The second-order valence-corrected chi connectivity index (χ2v) is 8.48. The van der Waals surface area contributed by atoms with E-state index in [1.807, 2.05) is 58.9 Å². The summed E-state index contributed by atoms with van der Waals surface area (Å²) < 4.78 is 7.03. The van der Waals surface area contributed by atoms with Gasteiger partial charge in [0.05, 0.1) is 12.2 Å². The molecule has 0 aliphatic carbocycles. The van der Waals surface area contributed by atoms with E-state index in [0.717, 1.165) is 45.1 Å². The Labute approximate surface area is 198 Å². The van der Waals surface area contributed by atoms with Gasteiger partial charge in [0.1, 0.15) is 0 Å². The number of aryl methyl sites for hydroxylation is 5. The molecule has 0 spiro atoms. The van der Waals surface area contributed by atoms with Gasteiger partial charge in [-0.3, -0.25) is 14.4 Å². The summed E-state index contributed by atoms with van der Waals surface area (Å²) in [4.78, 5) is 41.5. The van der Waals surface area contributed by atoms with Crippen LogP contribution in [-0.4, -0.2) is 45.0 Å². The van der Waals surface area contributed by atoms with Crippen LogP contribution in [0.1, 0.15) is 47.1 Å². The molecule has 0 fully saturated rings. The highest BCUT2D eigenvalue weighted by Crippen LogP contribution is 2.19. The number of esters is 1. The summed E-state index contributed by atoms with van der Waals surface area (Å²) in [6.45, 7) is 10.8. The molecule has 0 radical (unpaired) electrons. The Balaban J connectivity index is 1.49. The monoisotopic (exact) mass is 465 g/mol. The van der Waals surface area contributed by atoms with Gasteiger partial charge in [-0.2, -0.15) is 5.10 Å². The molecule has 1 atom stereocenters. The maximum absolute atomic E-state index is 12.4. The Bertz CT molecular complexity index is 1230. The van der Waals surface area contributed by atoms with Crippen LogP contribution in [-0.2, 0) is 25.5 Å². The van der Waals surface area contributed by atoms with Crippen molar-refractivity contribution in [2.24, 2.45) is 0 Å². The fourth-order valence-corrected chi connectivity index (χ4v) is 3.85. The number of hydrogen-bond donors (Lipinski definition) is 2.